The molecule has 0 spiro atoms. The van der Waals surface area contributed by atoms with E-state index < -0.39 is 0 Å². The minimum Gasteiger partial charge on any atom is -0.482 e. The molecule has 1 fully saturated rings. The Morgan fingerprint density at radius 3 is 3.00 bits per heavy atom. The molecule has 3 rings (SSSR count). The number of hydrogen-bond donors (Lipinski definition) is 3. The van der Waals surface area contributed by atoms with Crippen LogP contribution in [0.2, 0.25) is 0 Å². The van der Waals surface area contributed by atoms with Crippen LogP contribution in [0.25, 0.3) is 0 Å². The molecule has 1 aromatic rings. The lowest BCUT2D eigenvalue weighted by atomic mass is 10.1. The Labute approximate surface area is 116 Å². The van der Waals surface area contributed by atoms with Crippen molar-refractivity contribution in [3.8, 4) is 5.75 Å². The fourth-order valence-corrected chi connectivity index (χ4v) is 2.46. The zero-order valence-electron chi connectivity index (χ0n) is 11.1. The van der Waals surface area contributed by atoms with Gasteiger partial charge < -0.3 is 20.7 Å². The molecule has 6 heteroatoms. The van der Waals surface area contributed by atoms with Gasteiger partial charge in [0.25, 0.3) is 5.91 Å². The third-order valence-electron chi connectivity index (χ3n) is 3.48. The predicted molar refractivity (Wildman–Crippen MR) is 73.4 cm³/mol. The molecule has 1 atom stereocenters. The largest absolute Gasteiger partial charge is 0.482 e. The number of ether oxygens (including phenoxy) is 1. The highest BCUT2D eigenvalue weighted by Gasteiger charge is 2.20. The van der Waals surface area contributed by atoms with E-state index in [0.717, 1.165) is 24.2 Å². The molecule has 0 saturated carbocycles. The maximum absolute atomic E-state index is 11.3. The molecule has 2 heterocycles. The lowest BCUT2D eigenvalue weighted by molar-refractivity contribution is -0.119. The van der Waals surface area contributed by atoms with Gasteiger partial charge in [-0.1, -0.05) is 6.07 Å². The molecule has 1 unspecified atom stereocenters. The van der Waals surface area contributed by atoms with Crippen LogP contribution in [0.5, 0.6) is 5.75 Å². The molecule has 0 aliphatic carbocycles. The first-order chi connectivity index (χ1) is 9.70. The van der Waals surface area contributed by atoms with Crippen LogP contribution < -0.4 is 20.7 Å². The topological polar surface area (TPSA) is 79.5 Å². The highest BCUT2D eigenvalue weighted by molar-refractivity contribution is 5.95. The van der Waals surface area contributed by atoms with Crippen LogP contribution in [-0.4, -0.2) is 31.0 Å². The normalized spacial score (nSPS) is 20.9. The van der Waals surface area contributed by atoms with Crippen LogP contribution in [-0.2, 0) is 16.1 Å². The van der Waals surface area contributed by atoms with Crippen molar-refractivity contribution >= 4 is 17.5 Å². The first kappa shape index (κ1) is 12.9. The van der Waals surface area contributed by atoms with Crippen LogP contribution in [0.15, 0.2) is 18.2 Å². The van der Waals surface area contributed by atoms with Gasteiger partial charge in [0.2, 0.25) is 5.91 Å². The summed E-state index contributed by atoms with van der Waals surface area (Å²) in [4.78, 5) is 22.3. The zero-order valence-corrected chi connectivity index (χ0v) is 11.1. The van der Waals surface area contributed by atoms with Crippen molar-refractivity contribution in [3.63, 3.8) is 0 Å². The van der Waals surface area contributed by atoms with E-state index in [1.54, 1.807) is 0 Å². The van der Waals surface area contributed by atoms with Gasteiger partial charge in [-0.05, 0) is 24.1 Å². The van der Waals surface area contributed by atoms with E-state index in [4.69, 9.17) is 4.74 Å². The maximum atomic E-state index is 11.3. The summed E-state index contributed by atoms with van der Waals surface area (Å²) in [5, 5.41) is 9.02. The molecule has 106 valence electrons. The molecule has 0 aromatic heterocycles. The predicted octanol–water partition coefficient (Wildman–Crippen LogP) is 0.386. The Bertz CT molecular complexity index is 544. The Morgan fingerprint density at radius 2 is 2.20 bits per heavy atom. The number of rotatable bonds is 4. The van der Waals surface area contributed by atoms with Gasteiger partial charge in [-0.3, -0.25) is 9.59 Å². The molecule has 1 saturated heterocycles. The van der Waals surface area contributed by atoms with Crippen molar-refractivity contribution in [2.75, 3.05) is 18.5 Å². The average molecular weight is 275 g/mol. The van der Waals surface area contributed by atoms with Crippen molar-refractivity contribution in [2.45, 2.75) is 25.4 Å². The number of anilines is 1. The smallest absolute Gasteiger partial charge is 0.262 e. The van der Waals surface area contributed by atoms with Crippen LogP contribution in [0.4, 0.5) is 5.69 Å². The lowest BCUT2D eigenvalue weighted by Gasteiger charge is -2.19. The van der Waals surface area contributed by atoms with E-state index in [1.807, 2.05) is 18.2 Å². The monoisotopic (exact) mass is 275 g/mol. The Kier molecular flexibility index (Phi) is 3.56. The molecule has 1 aromatic carbocycles. The minimum absolute atomic E-state index is 0.0754. The van der Waals surface area contributed by atoms with Crippen molar-refractivity contribution in [2.24, 2.45) is 0 Å². The number of amides is 2. The standard InChI is InChI=1S/C14H17N3O3/c18-13-4-2-10(16-13)7-15-6-9-1-3-12-11(5-9)17-14(19)8-20-12/h1,3,5,10,15H,2,4,6-8H2,(H,16,18)(H,17,19). The Hall–Kier alpha value is -2.08. The van der Waals surface area contributed by atoms with Gasteiger partial charge in [-0.15, -0.1) is 0 Å². The second kappa shape index (κ2) is 5.50. The van der Waals surface area contributed by atoms with Crippen LogP contribution in [0.3, 0.4) is 0 Å². The Morgan fingerprint density at radius 1 is 1.30 bits per heavy atom. The lowest BCUT2D eigenvalue weighted by Crippen LogP contribution is -2.35. The van der Waals surface area contributed by atoms with Crippen LogP contribution in [0.1, 0.15) is 18.4 Å². The van der Waals surface area contributed by atoms with E-state index in [2.05, 4.69) is 16.0 Å². The molecule has 0 radical (unpaired) electrons. The minimum atomic E-state index is -0.128. The first-order valence-corrected chi connectivity index (χ1v) is 6.76. The number of carbonyl (C=O) groups excluding carboxylic acids is 2. The van der Waals surface area contributed by atoms with E-state index in [9.17, 15) is 9.59 Å². The quantitative estimate of drug-likeness (QED) is 0.742. The fourth-order valence-electron chi connectivity index (χ4n) is 2.46. The molecular formula is C14H17N3O3. The number of benzene rings is 1. The van der Waals surface area contributed by atoms with Crippen LogP contribution in [0, 0.1) is 0 Å². The molecule has 0 bridgehead atoms. The van der Waals surface area contributed by atoms with E-state index in [-0.39, 0.29) is 24.5 Å². The average Bonchev–Trinajstić information content (AvgIpc) is 2.84. The van der Waals surface area contributed by atoms with Gasteiger partial charge in [0.1, 0.15) is 5.75 Å². The Balaban J connectivity index is 1.54. The summed E-state index contributed by atoms with van der Waals surface area (Å²) in [7, 11) is 0. The van der Waals surface area contributed by atoms with Gasteiger partial charge in [-0.25, -0.2) is 0 Å². The number of hydrogen-bond acceptors (Lipinski definition) is 4. The highest BCUT2D eigenvalue weighted by atomic mass is 16.5. The number of fused-ring (bicyclic) bond motifs is 1. The number of carbonyl (C=O) groups is 2. The molecule has 6 nitrogen and oxygen atoms in total. The molecule has 3 N–H and O–H groups in total. The van der Waals surface area contributed by atoms with Crippen molar-refractivity contribution in [1.29, 1.82) is 0 Å². The van der Waals surface area contributed by atoms with Gasteiger partial charge in [-0.2, -0.15) is 0 Å². The van der Waals surface area contributed by atoms with E-state index >= 15 is 0 Å². The van der Waals surface area contributed by atoms with E-state index in [1.165, 1.54) is 0 Å². The molecule has 2 aliphatic heterocycles. The molecular weight excluding hydrogens is 258 g/mol. The van der Waals surface area contributed by atoms with Gasteiger partial charge in [0.05, 0.1) is 5.69 Å². The second-order valence-corrected chi connectivity index (χ2v) is 5.10. The zero-order chi connectivity index (χ0) is 13.9. The molecule has 20 heavy (non-hydrogen) atoms. The fraction of sp³-hybridized carbons (Fsp3) is 0.429. The summed E-state index contributed by atoms with van der Waals surface area (Å²) in [5.41, 5.74) is 1.79. The number of nitrogens with one attached hydrogen (secondary N) is 3. The van der Waals surface area contributed by atoms with Gasteiger partial charge in [0, 0.05) is 25.6 Å². The SMILES string of the molecule is O=C1COc2ccc(CNCC3CCC(=O)N3)cc2N1. The van der Waals surface area contributed by atoms with Crippen molar-refractivity contribution < 1.29 is 14.3 Å². The van der Waals surface area contributed by atoms with Crippen molar-refractivity contribution in [1.82, 2.24) is 10.6 Å². The van der Waals surface area contributed by atoms with Gasteiger partial charge >= 0.3 is 0 Å². The van der Waals surface area contributed by atoms with Crippen LogP contribution >= 0.6 is 0 Å². The molecule has 2 aliphatic rings. The summed E-state index contributed by atoms with van der Waals surface area (Å²) in [6, 6.07) is 5.97. The first-order valence-electron chi connectivity index (χ1n) is 6.76. The summed E-state index contributed by atoms with van der Waals surface area (Å²) >= 11 is 0. The third-order valence-corrected chi connectivity index (χ3v) is 3.48. The second-order valence-electron chi connectivity index (χ2n) is 5.10. The van der Waals surface area contributed by atoms with Crippen molar-refractivity contribution in [3.05, 3.63) is 23.8 Å². The summed E-state index contributed by atoms with van der Waals surface area (Å²) in [6.07, 6.45) is 1.51. The van der Waals surface area contributed by atoms with Gasteiger partial charge in [0.15, 0.2) is 6.61 Å². The summed E-state index contributed by atoms with van der Waals surface area (Å²) < 4.78 is 5.31. The highest BCUT2D eigenvalue weighted by Crippen LogP contribution is 2.28. The summed E-state index contributed by atoms with van der Waals surface area (Å²) in [5.74, 6) is 0.707. The van der Waals surface area contributed by atoms with E-state index in [0.29, 0.717) is 18.7 Å². The molecule has 2 amide bonds. The maximum Gasteiger partial charge on any atom is 0.262 e. The third kappa shape index (κ3) is 2.91. The summed E-state index contributed by atoms with van der Waals surface area (Å²) in [6.45, 7) is 1.52.